The third-order valence-electron chi connectivity index (χ3n) is 4.07. The van der Waals surface area contributed by atoms with Crippen LogP contribution in [0.15, 0.2) is 29.2 Å². The molecule has 2 fully saturated rings. The van der Waals surface area contributed by atoms with Crippen LogP contribution in [0.5, 0.6) is 5.88 Å². The van der Waals surface area contributed by atoms with Crippen molar-refractivity contribution < 1.29 is 13.9 Å². The molecule has 5 nitrogen and oxygen atoms in total. The number of pyridine rings is 1. The molecule has 2 saturated heterocycles. The minimum Gasteiger partial charge on any atom is -0.471 e. The van der Waals surface area contributed by atoms with Gasteiger partial charge in [0, 0.05) is 36.8 Å². The normalized spacial score (nSPS) is 22.1. The van der Waals surface area contributed by atoms with Crippen molar-refractivity contribution in [3.8, 4) is 5.88 Å². The van der Waals surface area contributed by atoms with E-state index in [0.29, 0.717) is 18.8 Å². The average Bonchev–Trinajstić information content (AvgIpc) is 3.17. The first-order valence-electron chi connectivity index (χ1n) is 7.24. The Balaban J connectivity index is 1.35. The highest BCUT2D eigenvalue weighted by Gasteiger charge is 2.51. The van der Waals surface area contributed by atoms with Crippen LogP contribution in [0.4, 0.5) is 4.39 Å². The second-order valence-corrected chi connectivity index (χ2v) is 7.97. The smallest absolute Gasteiger partial charge is 0.273 e. The van der Waals surface area contributed by atoms with E-state index in [-0.39, 0.29) is 22.6 Å². The molecule has 0 unspecified atom stereocenters. The van der Waals surface area contributed by atoms with Gasteiger partial charge in [-0.1, -0.05) is 0 Å². The predicted molar refractivity (Wildman–Crippen MR) is 86.4 cm³/mol. The SMILES string of the molecule is O=C(c1cscn1)N1CC2(C[C@H](Oc3ncccc3F)CS2)C1. The minimum absolute atomic E-state index is 0.0161. The van der Waals surface area contributed by atoms with E-state index in [2.05, 4.69) is 9.97 Å². The van der Waals surface area contributed by atoms with Crippen LogP contribution in [0.1, 0.15) is 16.9 Å². The zero-order valence-corrected chi connectivity index (χ0v) is 13.8. The highest BCUT2D eigenvalue weighted by molar-refractivity contribution is 8.01. The molecule has 0 N–H and O–H groups in total. The summed E-state index contributed by atoms with van der Waals surface area (Å²) < 4.78 is 19.3. The molecule has 8 heteroatoms. The molecule has 0 aromatic carbocycles. The minimum atomic E-state index is -0.438. The lowest BCUT2D eigenvalue weighted by Gasteiger charge is -2.47. The van der Waals surface area contributed by atoms with Crippen LogP contribution in [0.2, 0.25) is 0 Å². The predicted octanol–water partition coefficient (Wildman–Crippen LogP) is 2.46. The van der Waals surface area contributed by atoms with Crippen molar-refractivity contribution in [3.05, 3.63) is 40.7 Å². The summed E-state index contributed by atoms with van der Waals surface area (Å²) in [5.74, 6) is 0.393. The standard InChI is InChI=1S/C15H14FN3O2S2/c16-11-2-1-3-17-13(11)21-10-4-15(23-5-10)7-19(8-15)14(20)12-6-22-9-18-12/h1-3,6,9-10H,4-5,7-8H2/t10-/m0/s1. The van der Waals surface area contributed by atoms with Gasteiger partial charge in [0.2, 0.25) is 0 Å². The molecule has 0 bridgehead atoms. The molecule has 2 aliphatic heterocycles. The number of thiazole rings is 1. The van der Waals surface area contributed by atoms with Crippen molar-refractivity contribution in [2.45, 2.75) is 17.3 Å². The topological polar surface area (TPSA) is 55.3 Å². The van der Waals surface area contributed by atoms with E-state index in [1.807, 2.05) is 4.90 Å². The number of rotatable bonds is 3. The number of amides is 1. The van der Waals surface area contributed by atoms with Crippen molar-refractivity contribution >= 4 is 29.0 Å². The van der Waals surface area contributed by atoms with Gasteiger partial charge in [-0.15, -0.1) is 23.1 Å². The average molecular weight is 351 g/mol. The molecule has 1 spiro atoms. The van der Waals surface area contributed by atoms with E-state index in [1.54, 1.807) is 28.7 Å². The fourth-order valence-corrected chi connectivity index (χ4v) is 5.04. The van der Waals surface area contributed by atoms with Crippen LogP contribution < -0.4 is 4.74 Å². The van der Waals surface area contributed by atoms with Gasteiger partial charge in [0.25, 0.3) is 11.8 Å². The summed E-state index contributed by atoms with van der Waals surface area (Å²) in [6.07, 6.45) is 2.25. The van der Waals surface area contributed by atoms with E-state index in [0.717, 1.165) is 12.2 Å². The van der Waals surface area contributed by atoms with Crippen LogP contribution in [-0.4, -0.2) is 50.5 Å². The first-order chi connectivity index (χ1) is 11.2. The van der Waals surface area contributed by atoms with E-state index in [4.69, 9.17) is 4.74 Å². The summed E-state index contributed by atoms with van der Waals surface area (Å²) in [4.78, 5) is 22.0. The highest BCUT2D eigenvalue weighted by atomic mass is 32.2. The Bertz CT molecular complexity index is 719. The zero-order chi connectivity index (χ0) is 15.9. The van der Waals surface area contributed by atoms with Crippen molar-refractivity contribution in [1.29, 1.82) is 0 Å². The van der Waals surface area contributed by atoms with Crippen LogP contribution >= 0.6 is 23.1 Å². The largest absolute Gasteiger partial charge is 0.471 e. The van der Waals surface area contributed by atoms with Gasteiger partial charge in [-0.2, -0.15) is 0 Å². The summed E-state index contributed by atoms with van der Waals surface area (Å²) in [5, 5.41) is 1.77. The number of hydrogen-bond donors (Lipinski definition) is 0. The first kappa shape index (κ1) is 14.9. The number of nitrogens with zero attached hydrogens (tertiary/aromatic N) is 3. The second-order valence-electron chi connectivity index (χ2n) is 5.76. The molecule has 4 heterocycles. The molecule has 2 aliphatic rings. The molecule has 0 saturated carbocycles. The summed E-state index contributed by atoms with van der Waals surface area (Å²) in [5.41, 5.74) is 2.18. The van der Waals surface area contributed by atoms with Gasteiger partial charge >= 0.3 is 0 Å². The molecule has 0 aliphatic carbocycles. The first-order valence-corrected chi connectivity index (χ1v) is 9.17. The van der Waals surface area contributed by atoms with Crippen LogP contribution in [0.25, 0.3) is 0 Å². The van der Waals surface area contributed by atoms with Gasteiger partial charge in [-0.25, -0.2) is 14.4 Å². The van der Waals surface area contributed by atoms with Crippen LogP contribution in [0, 0.1) is 5.82 Å². The molecule has 2 aromatic rings. The monoisotopic (exact) mass is 351 g/mol. The van der Waals surface area contributed by atoms with Gasteiger partial charge in [-0.3, -0.25) is 4.79 Å². The number of carbonyl (C=O) groups is 1. The second kappa shape index (κ2) is 5.76. The molecule has 2 aromatic heterocycles. The molecule has 1 atom stereocenters. The lowest BCUT2D eigenvalue weighted by atomic mass is 9.92. The third-order valence-corrected chi connectivity index (χ3v) is 6.24. The molecule has 4 rings (SSSR count). The lowest BCUT2D eigenvalue weighted by Crippen LogP contribution is -2.60. The maximum atomic E-state index is 13.6. The van der Waals surface area contributed by atoms with Crippen LogP contribution in [-0.2, 0) is 0 Å². The maximum absolute atomic E-state index is 13.6. The highest BCUT2D eigenvalue weighted by Crippen LogP contribution is 2.46. The fraction of sp³-hybridized carbons (Fsp3) is 0.400. The molecule has 0 radical (unpaired) electrons. The number of ether oxygens (including phenoxy) is 1. The molecule has 1 amide bonds. The molecular formula is C15H14FN3O2S2. The fourth-order valence-electron chi connectivity index (χ4n) is 2.99. The Morgan fingerprint density at radius 3 is 3.04 bits per heavy atom. The quantitative estimate of drug-likeness (QED) is 0.850. The van der Waals surface area contributed by atoms with Gasteiger partial charge in [0.05, 0.1) is 10.3 Å². The van der Waals surface area contributed by atoms with Crippen LogP contribution in [0.3, 0.4) is 0 Å². The lowest BCUT2D eigenvalue weighted by molar-refractivity contribution is 0.0509. The van der Waals surface area contributed by atoms with Gasteiger partial charge < -0.3 is 9.64 Å². The van der Waals surface area contributed by atoms with E-state index in [9.17, 15) is 9.18 Å². The van der Waals surface area contributed by atoms with Crippen molar-refractivity contribution in [1.82, 2.24) is 14.9 Å². The molecule has 23 heavy (non-hydrogen) atoms. The number of halogens is 1. The number of hydrogen-bond acceptors (Lipinski definition) is 6. The maximum Gasteiger partial charge on any atom is 0.273 e. The Morgan fingerprint density at radius 1 is 1.43 bits per heavy atom. The Labute approximate surface area is 140 Å². The van der Waals surface area contributed by atoms with Crippen molar-refractivity contribution in [2.24, 2.45) is 0 Å². The molecule has 120 valence electrons. The summed E-state index contributed by atoms with van der Waals surface area (Å²) in [6, 6.07) is 2.89. The summed E-state index contributed by atoms with van der Waals surface area (Å²) in [6.45, 7) is 1.39. The number of likely N-dealkylation sites (tertiary alicyclic amines) is 1. The number of carbonyl (C=O) groups excluding carboxylic acids is 1. The van der Waals surface area contributed by atoms with E-state index < -0.39 is 5.82 Å². The van der Waals surface area contributed by atoms with Gasteiger partial charge in [0.1, 0.15) is 11.8 Å². The van der Waals surface area contributed by atoms with Gasteiger partial charge in [-0.05, 0) is 12.1 Å². The Hall–Kier alpha value is -1.67. The summed E-state index contributed by atoms with van der Waals surface area (Å²) >= 11 is 3.22. The Morgan fingerprint density at radius 2 is 2.30 bits per heavy atom. The summed E-state index contributed by atoms with van der Waals surface area (Å²) in [7, 11) is 0. The van der Waals surface area contributed by atoms with Crippen molar-refractivity contribution in [2.75, 3.05) is 18.8 Å². The van der Waals surface area contributed by atoms with E-state index >= 15 is 0 Å². The number of thioether (sulfide) groups is 1. The van der Waals surface area contributed by atoms with Gasteiger partial charge in [0.15, 0.2) is 5.82 Å². The Kier molecular flexibility index (Phi) is 3.73. The van der Waals surface area contributed by atoms with Crippen molar-refractivity contribution in [3.63, 3.8) is 0 Å². The van der Waals surface area contributed by atoms with E-state index in [1.165, 1.54) is 23.6 Å². The molecular weight excluding hydrogens is 337 g/mol. The zero-order valence-electron chi connectivity index (χ0n) is 12.1. The number of aromatic nitrogens is 2. The third kappa shape index (κ3) is 2.81.